The molecule has 228 valence electrons. The molecule has 1 aliphatic heterocycles. The fraction of sp³-hybridized carbons (Fsp3) is 0.700. The Morgan fingerprint density at radius 2 is 1.59 bits per heavy atom. The van der Waals surface area contributed by atoms with Crippen LogP contribution in [0.1, 0.15) is 74.7 Å². The van der Waals surface area contributed by atoms with Gasteiger partial charge in [-0.15, -0.1) is 0 Å². The first-order chi connectivity index (χ1) is 18.9. The molecule has 1 saturated carbocycles. The molecule has 0 amide bonds. The van der Waals surface area contributed by atoms with E-state index in [9.17, 15) is 29.1 Å². The maximum absolute atomic E-state index is 12.9. The third-order valence-electron chi connectivity index (χ3n) is 8.59. The maximum Gasteiger partial charge on any atom is 0.312 e. The summed E-state index contributed by atoms with van der Waals surface area (Å²) < 4.78 is 29.1. The Kier molecular flexibility index (Phi) is 9.42. The lowest BCUT2D eigenvalue weighted by atomic mass is 9.54. The second-order valence-electron chi connectivity index (χ2n) is 12.0. The van der Waals surface area contributed by atoms with Gasteiger partial charge in [0.2, 0.25) is 0 Å². The van der Waals surface area contributed by atoms with E-state index in [1.54, 1.807) is 33.8 Å². The van der Waals surface area contributed by atoms with Crippen LogP contribution in [0.15, 0.2) is 23.8 Å². The standard InChI is InChI=1S/C30H42O11/c1-14(2)27(34)40-21-13-16(4)24-26(39-20(8)33)30(36)17(5)28(35)41-23(30)12-15(3)10-11-22(37-18(6)31)29(24,9)25(21)38-19(7)32/h12,14,17,21-26,36H,4,10-11,13H2,1-3,5-9H3/b15-12-/t17-,21-,22-,23-,24+,25-,26?,29+,30-/m0/s1. The van der Waals surface area contributed by atoms with Gasteiger partial charge < -0.3 is 28.8 Å². The van der Waals surface area contributed by atoms with Crippen LogP contribution in [0.4, 0.5) is 0 Å². The second-order valence-corrected chi connectivity index (χ2v) is 12.0. The summed E-state index contributed by atoms with van der Waals surface area (Å²) in [5.74, 6) is -5.93. The molecule has 0 bridgehead atoms. The Morgan fingerprint density at radius 3 is 2.12 bits per heavy atom. The number of carbonyl (C=O) groups excluding carboxylic acids is 5. The highest BCUT2D eigenvalue weighted by Crippen LogP contribution is 2.56. The van der Waals surface area contributed by atoms with Crippen LogP contribution >= 0.6 is 0 Å². The Bertz CT molecular complexity index is 1140. The van der Waals surface area contributed by atoms with E-state index < -0.39 is 89.1 Å². The third kappa shape index (κ3) is 6.05. The minimum Gasteiger partial charge on any atom is -0.462 e. The summed E-state index contributed by atoms with van der Waals surface area (Å²) >= 11 is 0. The van der Waals surface area contributed by atoms with Crippen molar-refractivity contribution >= 4 is 29.8 Å². The highest BCUT2D eigenvalue weighted by molar-refractivity contribution is 5.78. The monoisotopic (exact) mass is 578 g/mol. The number of carbonyl (C=O) groups is 5. The molecule has 0 aromatic heterocycles. The van der Waals surface area contributed by atoms with Gasteiger partial charge in [-0.05, 0) is 32.8 Å². The van der Waals surface area contributed by atoms with E-state index in [4.69, 9.17) is 23.7 Å². The van der Waals surface area contributed by atoms with Gasteiger partial charge in [-0.1, -0.05) is 38.5 Å². The predicted octanol–water partition coefficient (Wildman–Crippen LogP) is 2.96. The zero-order chi connectivity index (χ0) is 31.0. The lowest BCUT2D eigenvalue weighted by Gasteiger charge is -2.57. The van der Waals surface area contributed by atoms with Crippen molar-refractivity contribution in [1.29, 1.82) is 0 Å². The van der Waals surface area contributed by atoms with E-state index in [-0.39, 0.29) is 12.8 Å². The van der Waals surface area contributed by atoms with Gasteiger partial charge in [0, 0.05) is 33.1 Å². The molecule has 1 saturated heterocycles. The van der Waals surface area contributed by atoms with Crippen molar-refractivity contribution < 1.29 is 52.8 Å². The lowest BCUT2D eigenvalue weighted by molar-refractivity contribution is -0.236. The summed E-state index contributed by atoms with van der Waals surface area (Å²) in [5, 5.41) is 12.4. The third-order valence-corrected chi connectivity index (χ3v) is 8.59. The number of hydrogen-bond acceptors (Lipinski definition) is 11. The molecule has 1 N–H and O–H groups in total. The predicted molar refractivity (Wildman–Crippen MR) is 144 cm³/mol. The Labute approximate surface area is 240 Å². The molecule has 0 radical (unpaired) electrons. The van der Waals surface area contributed by atoms with Crippen LogP contribution < -0.4 is 0 Å². The first-order valence-electron chi connectivity index (χ1n) is 13.9. The Hall–Kier alpha value is -3.21. The van der Waals surface area contributed by atoms with Crippen molar-refractivity contribution in [3.05, 3.63) is 23.8 Å². The topological polar surface area (TPSA) is 152 Å². The van der Waals surface area contributed by atoms with Gasteiger partial charge in [0.05, 0.1) is 17.3 Å². The lowest BCUT2D eigenvalue weighted by Crippen LogP contribution is -2.68. The molecule has 2 aliphatic carbocycles. The fourth-order valence-corrected chi connectivity index (χ4v) is 6.54. The van der Waals surface area contributed by atoms with E-state index in [1.165, 1.54) is 27.7 Å². The first kappa shape index (κ1) is 32.3. The van der Waals surface area contributed by atoms with Gasteiger partial charge in [0.15, 0.2) is 11.7 Å². The molecule has 1 unspecified atom stereocenters. The number of esters is 5. The summed E-state index contributed by atoms with van der Waals surface area (Å²) in [5.41, 5.74) is -2.42. The van der Waals surface area contributed by atoms with Crippen LogP contribution in [0.2, 0.25) is 0 Å². The quantitative estimate of drug-likeness (QED) is 0.291. The molecule has 2 fully saturated rings. The zero-order valence-corrected chi connectivity index (χ0v) is 25.1. The van der Waals surface area contributed by atoms with Crippen molar-refractivity contribution in [3.63, 3.8) is 0 Å². The van der Waals surface area contributed by atoms with Crippen molar-refractivity contribution in [2.45, 2.75) is 111 Å². The molecule has 11 heteroatoms. The molecule has 0 spiro atoms. The minimum absolute atomic E-state index is 0.0139. The number of allylic oxidation sites excluding steroid dienone is 1. The van der Waals surface area contributed by atoms with Gasteiger partial charge >= 0.3 is 29.8 Å². The second kappa shape index (κ2) is 12.0. The molecule has 11 nitrogen and oxygen atoms in total. The molecule has 3 rings (SSSR count). The van der Waals surface area contributed by atoms with Crippen LogP contribution in [0.5, 0.6) is 0 Å². The normalized spacial score (nSPS) is 38.4. The highest BCUT2D eigenvalue weighted by atomic mass is 16.6. The number of ether oxygens (including phenoxy) is 5. The molecular formula is C30H42O11. The molecule has 1 heterocycles. The SMILES string of the molecule is C=C1C[C@H](OC(=O)C(C)C)[C@H](OC(C)=O)[C@]2(C)[C@@H](OC(C)=O)CC/C(C)=C\[C@@H]3OC(=O)[C@H](C)[C@@]3(O)C(OC(C)=O)[C@@H]12. The number of aliphatic hydroxyl groups is 1. The molecule has 41 heavy (non-hydrogen) atoms. The van der Waals surface area contributed by atoms with Crippen molar-refractivity contribution in [1.82, 2.24) is 0 Å². The van der Waals surface area contributed by atoms with Gasteiger partial charge in [0.25, 0.3) is 0 Å². The van der Waals surface area contributed by atoms with E-state index in [0.717, 1.165) is 5.57 Å². The van der Waals surface area contributed by atoms with E-state index in [2.05, 4.69) is 6.58 Å². The summed E-state index contributed by atoms with van der Waals surface area (Å²) in [4.78, 5) is 63.3. The summed E-state index contributed by atoms with van der Waals surface area (Å²) in [7, 11) is 0. The number of rotatable bonds is 5. The smallest absolute Gasteiger partial charge is 0.312 e. The van der Waals surface area contributed by atoms with Gasteiger partial charge in [-0.3, -0.25) is 24.0 Å². The molecule has 0 aromatic carbocycles. The first-order valence-corrected chi connectivity index (χ1v) is 13.9. The van der Waals surface area contributed by atoms with Crippen LogP contribution in [0.25, 0.3) is 0 Å². The van der Waals surface area contributed by atoms with Crippen LogP contribution in [0, 0.1) is 23.2 Å². The van der Waals surface area contributed by atoms with E-state index in [1.807, 2.05) is 0 Å². The summed E-state index contributed by atoms with van der Waals surface area (Å²) in [6.45, 7) is 16.1. The molecular weight excluding hydrogens is 536 g/mol. The number of hydrogen-bond donors (Lipinski definition) is 1. The Morgan fingerprint density at radius 1 is 1.02 bits per heavy atom. The van der Waals surface area contributed by atoms with Gasteiger partial charge in [0.1, 0.15) is 24.4 Å². The molecule has 3 aliphatic rings. The average Bonchev–Trinajstić information content (AvgIpc) is 3.06. The minimum atomic E-state index is -2.07. The van der Waals surface area contributed by atoms with Crippen molar-refractivity contribution in [3.8, 4) is 0 Å². The van der Waals surface area contributed by atoms with Crippen LogP contribution in [-0.4, -0.2) is 71.1 Å². The summed E-state index contributed by atoms with van der Waals surface area (Å²) in [6.07, 6.45) is -3.65. The largest absolute Gasteiger partial charge is 0.462 e. The molecule has 9 atom stereocenters. The van der Waals surface area contributed by atoms with Crippen molar-refractivity contribution in [2.24, 2.45) is 23.2 Å². The summed E-state index contributed by atoms with van der Waals surface area (Å²) in [6, 6.07) is 0. The zero-order valence-electron chi connectivity index (χ0n) is 25.1. The fourth-order valence-electron chi connectivity index (χ4n) is 6.54. The van der Waals surface area contributed by atoms with Gasteiger partial charge in [-0.2, -0.15) is 0 Å². The number of fused-ring (bicyclic) bond motifs is 2. The van der Waals surface area contributed by atoms with Gasteiger partial charge in [-0.25, -0.2) is 0 Å². The van der Waals surface area contributed by atoms with E-state index in [0.29, 0.717) is 12.0 Å². The van der Waals surface area contributed by atoms with Crippen LogP contribution in [0.3, 0.4) is 0 Å². The Balaban J connectivity index is 2.38. The molecule has 0 aromatic rings. The van der Waals surface area contributed by atoms with Crippen molar-refractivity contribution in [2.75, 3.05) is 0 Å². The average molecular weight is 579 g/mol. The highest BCUT2D eigenvalue weighted by Gasteiger charge is 2.69. The maximum atomic E-state index is 12.9. The van der Waals surface area contributed by atoms with E-state index >= 15 is 0 Å². The van der Waals surface area contributed by atoms with Crippen LogP contribution in [-0.2, 0) is 47.7 Å².